The number of aromatic amines is 1. The van der Waals surface area contributed by atoms with Crippen LogP contribution in [0.5, 0.6) is 0 Å². The zero-order valence-electron chi connectivity index (χ0n) is 11.9. The topological polar surface area (TPSA) is 75.0 Å². The molecular formula is C15H12BrFN4OS. The number of aromatic nitrogens is 2. The van der Waals surface area contributed by atoms with E-state index in [1.165, 1.54) is 17.4 Å². The van der Waals surface area contributed by atoms with Crippen molar-refractivity contribution in [3.05, 3.63) is 44.8 Å². The summed E-state index contributed by atoms with van der Waals surface area (Å²) in [6.45, 7) is 1.07. The van der Waals surface area contributed by atoms with E-state index in [0.29, 0.717) is 41.2 Å². The van der Waals surface area contributed by atoms with Crippen molar-refractivity contribution in [3.8, 4) is 0 Å². The molecule has 0 unspecified atom stereocenters. The van der Waals surface area contributed by atoms with Gasteiger partial charge in [-0.1, -0.05) is 15.9 Å². The molecule has 0 aliphatic carbocycles. The van der Waals surface area contributed by atoms with Gasteiger partial charge in [0.25, 0.3) is 5.91 Å². The number of rotatable bonds is 1. The predicted octanol–water partition coefficient (Wildman–Crippen LogP) is 3.31. The molecule has 8 heteroatoms. The standard InChI is InChI=1S/C15H12BrFN4OS/c16-8-1-2-9(17)13-7(8)5-11(19-13)14(22)21-4-3-10-12(6-21)23-15(18)20-10/h1-2,5,19H,3-4,6H2,(H2,18,20). The van der Waals surface area contributed by atoms with Crippen molar-refractivity contribution in [2.45, 2.75) is 13.0 Å². The Morgan fingerprint density at radius 2 is 2.30 bits per heavy atom. The van der Waals surface area contributed by atoms with Gasteiger partial charge in [-0.2, -0.15) is 0 Å². The van der Waals surface area contributed by atoms with Gasteiger partial charge in [-0.15, -0.1) is 11.3 Å². The number of halogens is 2. The molecular weight excluding hydrogens is 383 g/mol. The first-order chi connectivity index (χ1) is 11.0. The molecule has 1 aliphatic heterocycles. The number of nitrogen functional groups attached to an aromatic ring is 1. The van der Waals surface area contributed by atoms with E-state index in [9.17, 15) is 9.18 Å². The number of hydrogen-bond acceptors (Lipinski definition) is 4. The molecule has 0 spiro atoms. The number of anilines is 1. The number of carbonyl (C=O) groups is 1. The van der Waals surface area contributed by atoms with Crippen LogP contribution in [0.1, 0.15) is 21.1 Å². The molecule has 3 N–H and O–H groups in total. The van der Waals surface area contributed by atoms with E-state index >= 15 is 0 Å². The van der Waals surface area contributed by atoms with Crippen LogP contribution in [0.4, 0.5) is 9.52 Å². The number of nitrogens with zero attached hydrogens (tertiary/aromatic N) is 2. The zero-order valence-corrected chi connectivity index (χ0v) is 14.3. The number of thiazole rings is 1. The van der Waals surface area contributed by atoms with Gasteiger partial charge in [0.05, 0.1) is 17.8 Å². The number of carbonyl (C=O) groups excluding carboxylic acids is 1. The van der Waals surface area contributed by atoms with E-state index in [0.717, 1.165) is 15.0 Å². The van der Waals surface area contributed by atoms with Gasteiger partial charge in [-0.3, -0.25) is 4.79 Å². The highest BCUT2D eigenvalue weighted by Gasteiger charge is 2.26. The number of benzene rings is 1. The highest BCUT2D eigenvalue weighted by atomic mass is 79.9. The average Bonchev–Trinajstić information content (AvgIpc) is 3.13. The van der Waals surface area contributed by atoms with Crippen molar-refractivity contribution >= 4 is 49.2 Å². The summed E-state index contributed by atoms with van der Waals surface area (Å²) in [5.41, 5.74) is 7.42. The van der Waals surface area contributed by atoms with Crippen LogP contribution in [0.2, 0.25) is 0 Å². The Kier molecular flexibility index (Phi) is 3.38. The lowest BCUT2D eigenvalue weighted by molar-refractivity contribution is 0.0731. The maximum Gasteiger partial charge on any atom is 0.270 e. The summed E-state index contributed by atoms with van der Waals surface area (Å²) >= 11 is 4.79. The molecule has 1 aromatic carbocycles. The summed E-state index contributed by atoms with van der Waals surface area (Å²) in [6, 6.07) is 4.68. The number of amides is 1. The number of H-pyrrole nitrogens is 1. The molecule has 0 saturated heterocycles. The van der Waals surface area contributed by atoms with Crippen molar-refractivity contribution in [1.29, 1.82) is 0 Å². The number of fused-ring (bicyclic) bond motifs is 2. The summed E-state index contributed by atoms with van der Waals surface area (Å²) in [5, 5.41) is 1.19. The van der Waals surface area contributed by atoms with Gasteiger partial charge in [-0.05, 0) is 18.2 Å². The fraction of sp³-hybridized carbons (Fsp3) is 0.200. The maximum atomic E-state index is 13.9. The molecule has 0 bridgehead atoms. The first-order valence-corrected chi connectivity index (χ1v) is 8.64. The van der Waals surface area contributed by atoms with Crippen LogP contribution < -0.4 is 5.73 Å². The van der Waals surface area contributed by atoms with Crippen LogP contribution >= 0.6 is 27.3 Å². The Labute approximate surface area is 143 Å². The Morgan fingerprint density at radius 3 is 3.09 bits per heavy atom. The summed E-state index contributed by atoms with van der Waals surface area (Å²) in [4.78, 5) is 22.6. The second-order valence-electron chi connectivity index (χ2n) is 5.40. The highest BCUT2D eigenvalue weighted by Crippen LogP contribution is 2.30. The minimum absolute atomic E-state index is 0.148. The van der Waals surface area contributed by atoms with Crippen molar-refractivity contribution in [3.63, 3.8) is 0 Å². The van der Waals surface area contributed by atoms with E-state index in [1.807, 2.05) is 0 Å². The average molecular weight is 395 g/mol. The lowest BCUT2D eigenvalue weighted by atomic mass is 10.1. The molecule has 0 atom stereocenters. The predicted molar refractivity (Wildman–Crippen MR) is 90.9 cm³/mol. The summed E-state index contributed by atoms with van der Waals surface area (Å²) in [7, 11) is 0. The monoisotopic (exact) mass is 394 g/mol. The third kappa shape index (κ3) is 2.42. The molecule has 118 valence electrons. The van der Waals surface area contributed by atoms with Gasteiger partial charge in [0.2, 0.25) is 0 Å². The fourth-order valence-electron chi connectivity index (χ4n) is 2.83. The Balaban J connectivity index is 1.67. The molecule has 0 fully saturated rings. The second-order valence-corrected chi connectivity index (χ2v) is 7.37. The minimum atomic E-state index is -0.376. The van der Waals surface area contributed by atoms with Gasteiger partial charge in [0, 0.05) is 27.7 Å². The lowest BCUT2D eigenvalue weighted by Crippen LogP contribution is -2.35. The SMILES string of the molecule is Nc1nc2c(s1)CN(C(=O)c1cc3c(Br)ccc(F)c3[nH]1)CC2. The van der Waals surface area contributed by atoms with E-state index in [1.54, 1.807) is 17.0 Å². The van der Waals surface area contributed by atoms with Gasteiger partial charge in [0.1, 0.15) is 11.5 Å². The quantitative estimate of drug-likeness (QED) is 0.664. The van der Waals surface area contributed by atoms with Crippen LogP contribution in [-0.4, -0.2) is 27.3 Å². The normalized spacial score (nSPS) is 14.3. The third-order valence-electron chi connectivity index (χ3n) is 3.96. The van der Waals surface area contributed by atoms with E-state index < -0.39 is 0 Å². The van der Waals surface area contributed by atoms with E-state index in [-0.39, 0.29) is 11.7 Å². The van der Waals surface area contributed by atoms with Gasteiger partial charge < -0.3 is 15.6 Å². The molecule has 3 aromatic rings. The molecule has 1 aliphatic rings. The molecule has 3 heterocycles. The largest absolute Gasteiger partial charge is 0.375 e. The van der Waals surface area contributed by atoms with Crippen LogP contribution in [-0.2, 0) is 13.0 Å². The Bertz CT molecular complexity index is 896. The molecule has 0 radical (unpaired) electrons. The van der Waals surface area contributed by atoms with Crippen LogP contribution in [0, 0.1) is 5.82 Å². The maximum absolute atomic E-state index is 13.9. The lowest BCUT2D eigenvalue weighted by Gasteiger charge is -2.25. The van der Waals surface area contributed by atoms with Crippen molar-refractivity contribution < 1.29 is 9.18 Å². The molecule has 1 amide bonds. The highest BCUT2D eigenvalue weighted by molar-refractivity contribution is 9.10. The third-order valence-corrected chi connectivity index (χ3v) is 5.56. The molecule has 5 nitrogen and oxygen atoms in total. The molecule has 2 aromatic heterocycles. The molecule has 0 saturated carbocycles. The number of hydrogen-bond donors (Lipinski definition) is 2. The molecule has 4 rings (SSSR count). The van der Waals surface area contributed by atoms with Crippen LogP contribution in [0.15, 0.2) is 22.7 Å². The van der Waals surface area contributed by atoms with Crippen LogP contribution in [0.25, 0.3) is 10.9 Å². The first-order valence-electron chi connectivity index (χ1n) is 7.03. The first kappa shape index (κ1) is 14.6. The zero-order chi connectivity index (χ0) is 16.1. The van der Waals surface area contributed by atoms with Gasteiger partial charge in [0.15, 0.2) is 5.13 Å². The number of nitrogens with one attached hydrogen (secondary N) is 1. The van der Waals surface area contributed by atoms with Crippen molar-refractivity contribution in [2.75, 3.05) is 12.3 Å². The van der Waals surface area contributed by atoms with E-state index in [4.69, 9.17) is 5.73 Å². The summed E-state index contributed by atoms with van der Waals surface area (Å²) < 4.78 is 14.6. The Hall–Kier alpha value is -1.93. The van der Waals surface area contributed by atoms with Gasteiger partial charge in [-0.25, -0.2) is 9.37 Å². The van der Waals surface area contributed by atoms with Gasteiger partial charge >= 0.3 is 0 Å². The summed E-state index contributed by atoms with van der Waals surface area (Å²) in [6.07, 6.45) is 0.688. The fourth-order valence-corrected chi connectivity index (χ4v) is 4.16. The molecule has 23 heavy (non-hydrogen) atoms. The minimum Gasteiger partial charge on any atom is -0.375 e. The summed E-state index contributed by atoms with van der Waals surface area (Å²) in [5.74, 6) is -0.525. The van der Waals surface area contributed by atoms with Crippen molar-refractivity contribution in [2.24, 2.45) is 0 Å². The second kappa shape index (κ2) is 5.31. The van der Waals surface area contributed by atoms with Crippen LogP contribution in [0.3, 0.4) is 0 Å². The van der Waals surface area contributed by atoms with E-state index in [2.05, 4.69) is 25.9 Å². The smallest absolute Gasteiger partial charge is 0.270 e. The number of nitrogens with two attached hydrogens (primary N) is 1. The van der Waals surface area contributed by atoms with Crippen molar-refractivity contribution in [1.82, 2.24) is 14.9 Å². The Morgan fingerprint density at radius 1 is 1.48 bits per heavy atom.